The van der Waals surface area contributed by atoms with Crippen molar-refractivity contribution >= 4 is 23.3 Å². The van der Waals surface area contributed by atoms with Crippen molar-refractivity contribution < 1.29 is 19.2 Å². The summed E-state index contributed by atoms with van der Waals surface area (Å²) in [5, 5.41) is 11.6. The van der Waals surface area contributed by atoms with Crippen LogP contribution in [-0.4, -0.2) is 18.0 Å². The lowest BCUT2D eigenvalue weighted by Gasteiger charge is -2.39. The summed E-state index contributed by atoms with van der Waals surface area (Å²) >= 11 is 5.92. The number of rotatable bonds is 5. The van der Waals surface area contributed by atoms with Crippen LogP contribution in [0.1, 0.15) is 24.8 Å². The standard InChI is InChI=1S/C18H16ClNO5/c1-24-15-8-7-14(20(22)23)11-16(15)25-17(21)18(9-2-10-18)12-3-5-13(19)6-4-12/h3-8,11H,2,9-10H2,1H3. The third kappa shape index (κ3) is 3.17. The van der Waals surface area contributed by atoms with Gasteiger partial charge < -0.3 is 9.47 Å². The number of benzene rings is 2. The second-order valence-electron chi connectivity index (χ2n) is 5.92. The van der Waals surface area contributed by atoms with Gasteiger partial charge in [0.1, 0.15) is 0 Å². The van der Waals surface area contributed by atoms with Crippen LogP contribution in [-0.2, 0) is 10.2 Å². The average molecular weight is 362 g/mol. The van der Waals surface area contributed by atoms with Crippen LogP contribution in [0, 0.1) is 10.1 Å². The Morgan fingerprint density at radius 3 is 2.36 bits per heavy atom. The molecule has 7 heteroatoms. The van der Waals surface area contributed by atoms with Crippen LogP contribution in [0.3, 0.4) is 0 Å². The van der Waals surface area contributed by atoms with Crippen molar-refractivity contribution in [1.82, 2.24) is 0 Å². The molecule has 0 saturated heterocycles. The van der Waals surface area contributed by atoms with Gasteiger partial charge in [-0.15, -0.1) is 0 Å². The lowest BCUT2D eigenvalue weighted by Crippen LogP contribution is -2.45. The summed E-state index contributed by atoms with van der Waals surface area (Å²) in [6, 6.07) is 11.0. The van der Waals surface area contributed by atoms with Crippen molar-refractivity contribution in [2.24, 2.45) is 0 Å². The highest BCUT2D eigenvalue weighted by Crippen LogP contribution is 2.46. The van der Waals surface area contributed by atoms with Crippen LogP contribution in [0.4, 0.5) is 5.69 Å². The van der Waals surface area contributed by atoms with Gasteiger partial charge in [0, 0.05) is 11.1 Å². The zero-order valence-electron chi connectivity index (χ0n) is 13.5. The molecule has 0 unspecified atom stereocenters. The van der Waals surface area contributed by atoms with Crippen molar-refractivity contribution in [3.05, 3.63) is 63.2 Å². The highest BCUT2D eigenvalue weighted by Gasteiger charge is 2.47. The number of methoxy groups -OCH3 is 1. The first-order valence-corrected chi connectivity index (χ1v) is 8.15. The Bertz CT molecular complexity index is 815. The fourth-order valence-electron chi connectivity index (χ4n) is 2.97. The zero-order valence-corrected chi connectivity index (χ0v) is 14.3. The van der Waals surface area contributed by atoms with Gasteiger partial charge >= 0.3 is 5.97 Å². The van der Waals surface area contributed by atoms with E-state index in [0.29, 0.717) is 17.9 Å². The third-order valence-corrected chi connectivity index (χ3v) is 4.81. The van der Waals surface area contributed by atoms with Crippen LogP contribution in [0.15, 0.2) is 42.5 Å². The van der Waals surface area contributed by atoms with Crippen LogP contribution in [0.25, 0.3) is 0 Å². The first-order chi connectivity index (χ1) is 12.0. The Morgan fingerprint density at radius 2 is 1.84 bits per heavy atom. The summed E-state index contributed by atoms with van der Waals surface area (Å²) in [6.07, 6.45) is 2.22. The fourth-order valence-corrected chi connectivity index (χ4v) is 3.09. The van der Waals surface area contributed by atoms with E-state index >= 15 is 0 Å². The minimum Gasteiger partial charge on any atom is -0.493 e. The molecule has 0 amide bonds. The maximum absolute atomic E-state index is 12.9. The Balaban J connectivity index is 1.91. The highest BCUT2D eigenvalue weighted by molar-refractivity contribution is 6.30. The maximum atomic E-state index is 12.9. The van der Waals surface area contributed by atoms with Gasteiger partial charge in [0.25, 0.3) is 5.69 Å². The quantitative estimate of drug-likeness (QED) is 0.343. The number of nitrogens with zero attached hydrogens (tertiary/aromatic N) is 1. The number of non-ortho nitro benzene ring substituents is 1. The van der Waals surface area contributed by atoms with Crippen LogP contribution in [0.2, 0.25) is 5.02 Å². The number of nitro benzene ring substituents is 1. The smallest absolute Gasteiger partial charge is 0.322 e. The number of nitro groups is 1. The molecule has 25 heavy (non-hydrogen) atoms. The van der Waals surface area contributed by atoms with E-state index in [9.17, 15) is 14.9 Å². The molecule has 0 aromatic heterocycles. The molecule has 6 nitrogen and oxygen atoms in total. The van der Waals surface area contributed by atoms with E-state index in [0.717, 1.165) is 12.0 Å². The van der Waals surface area contributed by atoms with Gasteiger partial charge in [0.15, 0.2) is 11.5 Å². The van der Waals surface area contributed by atoms with E-state index < -0.39 is 16.3 Å². The molecule has 0 radical (unpaired) electrons. The minimum absolute atomic E-state index is 0.0435. The zero-order chi connectivity index (χ0) is 18.0. The molecule has 1 aliphatic rings. The number of halogens is 1. The van der Waals surface area contributed by atoms with E-state index in [1.807, 2.05) is 12.1 Å². The number of carbonyl (C=O) groups is 1. The van der Waals surface area contributed by atoms with Crippen LogP contribution in [0.5, 0.6) is 11.5 Å². The summed E-state index contributed by atoms with van der Waals surface area (Å²) < 4.78 is 10.7. The molecule has 0 atom stereocenters. The summed E-state index contributed by atoms with van der Waals surface area (Å²) in [7, 11) is 1.41. The molecule has 0 heterocycles. The van der Waals surface area contributed by atoms with Crippen molar-refractivity contribution in [1.29, 1.82) is 0 Å². The highest BCUT2D eigenvalue weighted by atomic mass is 35.5. The van der Waals surface area contributed by atoms with E-state index in [-0.39, 0.29) is 17.2 Å². The summed E-state index contributed by atoms with van der Waals surface area (Å²) in [5.74, 6) is -0.133. The topological polar surface area (TPSA) is 78.7 Å². The largest absolute Gasteiger partial charge is 0.493 e. The van der Waals surface area contributed by atoms with Gasteiger partial charge in [-0.2, -0.15) is 0 Å². The van der Waals surface area contributed by atoms with Gasteiger partial charge in [0.2, 0.25) is 0 Å². The van der Waals surface area contributed by atoms with Crippen molar-refractivity contribution in [3.8, 4) is 11.5 Å². The van der Waals surface area contributed by atoms with Crippen molar-refractivity contribution in [3.63, 3.8) is 0 Å². The van der Waals surface area contributed by atoms with Gasteiger partial charge in [-0.25, -0.2) is 0 Å². The van der Waals surface area contributed by atoms with Crippen molar-refractivity contribution in [2.75, 3.05) is 7.11 Å². The molecule has 130 valence electrons. The average Bonchev–Trinajstić information content (AvgIpc) is 2.55. The Morgan fingerprint density at radius 1 is 1.16 bits per heavy atom. The number of esters is 1. The third-order valence-electron chi connectivity index (χ3n) is 4.56. The van der Waals surface area contributed by atoms with Crippen LogP contribution >= 0.6 is 11.6 Å². The summed E-state index contributed by atoms with van der Waals surface area (Å²) in [5.41, 5.74) is -0.0875. The SMILES string of the molecule is COc1ccc([N+](=O)[O-])cc1OC(=O)C1(c2ccc(Cl)cc2)CCC1. The Labute approximate surface area is 149 Å². The maximum Gasteiger partial charge on any atom is 0.322 e. The van der Waals surface area contributed by atoms with Crippen LogP contribution < -0.4 is 9.47 Å². The van der Waals surface area contributed by atoms with E-state index in [4.69, 9.17) is 21.1 Å². The molecular formula is C18H16ClNO5. The first-order valence-electron chi connectivity index (χ1n) is 7.77. The second-order valence-corrected chi connectivity index (χ2v) is 6.36. The fraction of sp³-hybridized carbons (Fsp3) is 0.278. The number of hydrogen-bond acceptors (Lipinski definition) is 5. The molecule has 2 aromatic carbocycles. The molecule has 3 rings (SSSR count). The van der Waals surface area contributed by atoms with Gasteiger partial charge in [-0.1, -0.05) is 30.2 Å². The monoisotopic (exact) mass is 361 g/mol. The molecule has 1 saturated carbocycles. The molecule has 0 spiro atoms. The van der Waals surface area contributed by atoms with Gasteiger partial charge in [0.05, 0.1) is 23.5 Å². The van der Waals surface area contributed by atoms with Crippen molar-refractivity contribution in [2.45, 2.75) is 24.7 Å². The number of hydrogen-bond donors (Lipinski definition) is 0. The summed E-state index contributed by atoms with van der Waals surface area (Å²) in [4.78, 5) is 23.3. The number of carbonyl (C=O) groups excluding carboxylic acids is 1. The molecule has 2 aromatic rings. The summed E-state index contributed by atoms with van der Waals surface area (Å²) in [6.45, 7) is 0. The van der Waals surface area contributed by atoms with E-state index in [1.54, 1.807) is 12.1 Å². The Hall–Kier alpha value is -2.60. The molecular weight excluding hydrogens is 346 g/mol. The number of ether oxygens (including phenoxy) is 2. The van der Waals surface area contributed by atoms with Gasteiger partial charge in [-0.05, 0) is 36.6 Å². The normalized spacial score (nSPS) is 15.1. The molecule has 0 bridgehead atoms. The lowest BCUT2D eigenvalue weighted by atomic mass is 9.64. The van der Waals surface area contributed by atoms with E-state index in [1.165, 1.54) is 25.3 Å². The molecule has 0 aliphatic heterocycles. The molecule has 1 aliphatic carbocycles. The van der Waals surface area contributed by atoms with Gasteiger partial charge in [-0.3, -0.25) is 14.9 Å². The minimum atomic E-state index is -0.750. The predicted molar refractivity (Wildman–Crippen MR) is 92.3 cm³/mol. The molecule has 1 fully saturated rings. The predicted octanol–water partition coefficient (Wildman–Crippen LogP) is 4.28. The Kier molecular flexibility index (Phi) is 4.63. The first kappa shape index (κ1) is 17.2. The lowest BCUT2D eigenvalue weighted by molar-refractivity contribution is -0.384. The second kappa shape index (κ2) is 6.72. The molecule has 0 N–H and O–H groups in total. The van der Waals surface area contributed by atoms with E-state index in [2.05, 4.69) is 0 Å².